The molecule has 0 aliphatic heterocycles. The summed E-state index contributed by atoms with van der Waals surface area (Å²) in [6.45, 7) is 29.1. The zero-order valence-electron chi connectivity index (χ0n) is 72.9. The largest absolute Gasteiger partial charge is 0.493 e. The summed E-state index contributed by atoms with van der Waals surface area (Å²) in [5, 5.41) is 4.31. The highest BCUT2D eigenvalue weighted by molar-refractivity contribution is 7.25. The van der Waals surface area contributed by atoms with Crippen LogP contribution in [-0.4, -0.2) is 345 Å². The number of benzene rings is 5. The van der Waals surface area contributed by atoms with Gasteiger partial charge in [-0.05, 0) is 121 Å². The van der Waals surface area contributed by atoms with Crippen molar-refractivity contribution >= 4 is 44.2 Å². The van der Waals surface area contributed by atoms with Crippen molar-refractivity contribution in [3.63, 3.8) is 0 Å². The van der Waals surface area contributed by atoms with Crippen LogP contribution in [0.25, 0.3) is 63.3 Å². The number of fused-ring (bicyclic) bond motifs is 2. The summed E-state index contributed by atoms with van der Waals surface area (Å²) < 4.78 is 153. The smallest absolute Gasteiger partial charge is 0.128 e. The molecule has 7 aromatic rings. The molecular weight excluding hydrogens is 1620 g/mol. The minimum absolute atomic E-state index is 0.433. The number of methoxy groups -OCH3 is 2. The zero-order valence-corrected chi connectivity index (χ0v) is 74.5. The van der Waals surface area contributed by atoms with Crippen LogP contribution in [0.5, 0.6) is 17.2 Å². The molecule has 30 heteroatoms. The first-order chi connectivity index (χ1) is 60.5. The summed E-state index contributed by atoms with van der Waals surface area (Å²) in [5.41, 5.74) is 12.3. The number of nitrogens with two attached hydrogens (primary N) is 1. The molecular formula is C92H139NO27S2. The summed E-state index contributed by atoms with van der Waals surface area (Å²) in [5.74, 6) is 2.43. The summed E-state index contributed by atoms with van der Waals surface area (Å²) >= 11 is 3.58. The van der Waals surface area contributed by atoms with E-state index in [1.165, 1.54) is 30.6 Å². The summed E-state index contributed by atoms with van der Waals surface area (Å²) in [6, 6.07) is 37.2. The van der Waals surface area contributed by atoms with Gasteiger partial charge in [-0.25, -0.2) is 0 Å². The number of unbranched alkanes of at least 4 members (excludes halogenated alkanes) is 1. The SMILES string of the molecule is COCCOCCOCCOCCOCCOCCOCCOCCOCCOCCOCCOCCCOc1ccc2cc(C)ccc2c1-c1c(OCCCOCCOCCOCCOCCOCCOCCOCCOCCOCCOCCOCCOC)ccc2cc(-c3ccc(-c4ccc(-c5ccc(C)cc5OCCCCN)s4)s3)ccc12. The van der Waals surface area contributed by atoms with E-state index in [0.717, 1.165) is 73.9 Å². The van der Waals surface area contributed by atoms with Crippen molar-refractivity contribution in [2.75, 3.05) is 345 Å². The van der Waals surface area contributed by atoms with Crippen LogP contribution in [0.1, 0.15) is 36.8 Å². The molecule has 0 saturated carbocycles. The fourth-order valence-electron chi connectivity index (χ4n) is 11.8. The van der Waals surface area contributed by atoms with Crippen molar-refractivity contribution < 1.29 is 128 Å². The lowest BCUT2D eigenvalue weighted by Gasteiger charge is -2.20. The average molecular weight is 1760 g/mol. The quantitative estimate of drug-likeness (QED) is 0.0347. The van der Waals surface area contributed by atoms with Gasteiger partial charge in [0.25, 0.3) is 0 Å². The van der Waals surface area contributed by atoms with E-state index in [0.29, 0.717) is 343 Å². The minimum Gasteiger partial charge on any atom is -0.493 e. The molecule has 0 aliphatic carbocycles. The molecule has 122 heavy (non-hydrogen) atoms. The first kappa shape index (κ1) is 103. The Morgan fingerprint density at radius 3 is 0.836 bits per heavy atom. The van der Waals surface area contributed by atoms with Gasteiger partial charge in [-0.15, -0.1) is 22.7 Å². The van der Waals surface area contributed by atoms with Gasteiger partial charge >= 0.3 is 0 Å². The Kier molecular flexibility index (Phi) is 60.6. The van der Waals surface area contributed by atoms with E-state index in [2.05, 4.69) is 117 Å². The van der Waals surface area contributed by atoms with Gasteiger partial charge in [-0.2, -0.15) is 0 Å². The molecule has 0 saturated heterocycles. The molecule has 0 spiro atoms. The highest BCUT2D eigenvalue weighted by Gasteiger charge is 2.22. The van der Waals surface area contributed by atoms with E-state index >= 15 is 0 Å². The monoisotopic (exact) mass is 1750 g/mol. The van der Waals surface area contributed by atoms with Crippen LogP contribution in [0.4, 0.5) is 0 Å². The van der Waals surface area contributed by atoms with E-state index < -0.39 is 0 Å². The second-order valence-electron chi connectivity index (χ2n) is 27.6. The van der Waals surface area contributed by atoms with Gasteiger partial charge in [-0.1, -0.05) is 54.1 Å². The third-order valence-corrected chi connectivity index (χ3v) is 20.5. The Balaban J connectivity index is 0.768. The molecule has 7 rings (SSSR count). The van der Waals surface area contributed by atoms with E-state index in [4.69, 9.17) is 134 Å². The minimum atomic E-state index is 0.433. The fraction of sp³-hybridized carbons (Fsp3) is 0.630. The average Bonchev–Trinajstić information content (AvgIpc) is 0.805. The normalized spacial score (nSPS) is 11.7. The molecule has 0 bridgehead atoms. The van der Waals surface area contributed by atoms with Crippen molar-refractivity contribution in [3.8, 4) is 59.0 Å². The number of aryl methyl sites for hydroxylation is 2. The molecule has 0 amide bonds. The third kappa shape index (κ3) is 46.8. The Morgan fingerprint density at radius 1 is 0.221 bits per heavy atom. The van der Waals surface area contributed by atoms with Crippen LogP contribution < -0.4 is 19.9 Å². The maximum atomic E-state index is 6.83. The van der Waals surface area contributed by atoms with Gasteiger partial charge in [0.2, 0.25) is 0 Å². The molecule has 28 nitrogen and oxygen atoms in total. The first-order valence-corrected chi connectivity index (χ1v) is 44.8. The zero-order chi connectivity index (χ0) is 85.5. The van der Waals surface area contributed by atoms with Crippen LogP contribution in [0.15, 0.2) is 103 Å². The molecule has 686 valence electrons. The van der Waals surface area contributed by atoms with E-state index in [1.807, 2.05) is 0 Å². The molecule has 2 aromatic heterocycles. The van der Waals surface area contributed by atoms with E-state index in [1.54, 1.807) is 36.9 Å². The number of thiophene rings is 2. The van der Waals surface area contributed by atoms with E-state index in [-0.39, 0.29) is 0 Å². The molecule has 2 N–H and O–H groups in total. The molecule has 0 radical (unpaired) electrons. The molecule has 0 unspecified atom stereocenters. The van der Waals surface area contributed by atoms with E-state index in [9.17, 15) is 0 Å². The third-order valence-electron chi connectivity index (χ3n) is 18.1. The molecule has 2 heterocycles. The lowest BCUT2D eigenvalue weighted by Crippen LogP contribution is -2.15. The van der Waals surface area contributed by atoms with Gasteiger partial charge in [-0.3, -0.25) is 0 Å². The summed E-state index contributed by atoms with van der Waals surface area (Å²) in [4.78, 5) is 4.77. The van der Waals surface area contributed by atoms with Gasteiger partial charge in [0.15, 0.2) is 0 Å². The van der Waals surface area contributed by atoms with Crippen LogP contribution in [0.3, 0.4) is 0 Å². The van der Waals surface area contributed by atoms with Crippen LogP contribution >= 0.6 is 22.7 Å². The maximum Gasteiger partial charge on any atom is 0.128 e. The van der Waals surface area contributed by atoms with Crippen molar-refractivity contribution in [3.05, 3.63) is 114 Å². The second-order valence-corrected chi connectivity index (χ2v) is 29.7. The highest BCUT2D eigenvalue weighted by Crippen LogP contribution is 2.48. The van der Waals surface area contributed by atoms with Gasteiger partial charge < -0.3 is 134 Å². The van der Waals surface area contributed by atoms with Gasteiger partial charge in [0.1, 0.15) is 17.2 Å². The predicted octanol–water partition coefficient (Wildman–Crippen LogP) is 12.7. The first-order valence-electron chi connectivity index (χ1n) is 43.2. The highest BCUT2D eigenvalue weighted by atomic mass is 32.1. The topological polar surface area (TPSA) is 275 Å². The number of ether oxygens (including phenoxy) is 27. The second kappa shape index (κ2) is 71.5. The predicted molar refractivity (Wildman–Crippen MR) is 474 cm³/mol. The molecule has 5 aromatic carbocycles. The van der Waals surface area contributed by atoms with Crippen molar-refractivity contribution in [2.45, 2.75) is 39.5 Å². The number of hydrogen-bond acceptors (Lipinski definition) is 30. The standard InChI is InChI=1S/C92H139NO27S2/c1-76-9-14-81-78(73-76)12-17-84(118-27-7-24-96-33-35-100-41-43-104-49-51-108-57-59-112-65-67-116-71-69-114-63-61-110-55-53-106-47-45-102-39-37-98-31-29-94-3)91(81)92-82-16-11-80(87-19-21-89(121-87)90-22-20-88(122-90)83-15-10-77(2)74-86(83)120-26-6-5-23-93)75-79(82)13-18-85(92)119-28-8-25-97-34-36-101-42-44-105-50-52-109-58-60-113-66-68-117-72-70-115-64-62-111-56-54-107-48-46-103-40-38-99-32-30-95-4/h9-22,73-75H,5-8,23-72,93H2,1-4H3. The molecule has 0 fully saturated rings. The van der Waals surface area contributed by atoms with Crippen LogP contribution in [-0.2, 0) is 114 Å². The maximum absolute atomic E-state index is 6.83. The van der Waals surface area contributed by atoms with Gasteiger partial charge in [0, 0.05) is 76.5 Å². The van der Waals surface area contributed by atoms with Crippen molar-refractivity contribution in [1.29, 1.82) is 0 Å². The lowest BCUT2D eigenvalue weighted by atomic mass is 9.91. The Morgan fingerprint density at radius 2 is 0.492 bits per heavy atom. The van der Waals surface area contributed by atoms with Crippen molar-refractivity contribution in [2.24, 2.45) is 5.73 Å². The van der Waals surface area contributed by atoms with Gasteiger partial charge in [0.05, 0.1) is 311 Å². The lowest BCUT2D eigenvalue weighted by molar-refractivity contribution is -0.0280. The molecule has 0 atom stereocenters. The Labute approximate surface area is 731 Å². The molecule has 0 aliphatic rings. The Bertz CT molecular complexity index is 3670. The Hall–Kier alpha value is -5.58. The number of rotatable bonds is 85. The van der Waals surface area contributed by atoms with Crippen molar-refractivity contribution in [1.82, 2.24) is 0 Å². The summed E-state index contributed by atoms with van der Waals surface area (Å²) in [7, 11) is 3.29. The number of hydrogen-bond donors (Lipinski definition) is 1. The fourth-order valence-corrected chi connectivity index (χ4v) is 14.0. The van der Waals surface area contributed by atoms with Crippen LogP contribution in [0.2, 0.25) is 0 Å². The summed E-state index contributed by atoms with van der Waals surface area (Å²) in [6.07, 6.45) is 3.19. The van der Waals surface area contributed by atoms with Crippen LogP contribution in [0, 0.1) is 13.8 Å².